The molecule has 4 aromatic rings. The molecule has 176 valence electrons. The van der Waals surface area contributed by atoms with Crippen LogP contribution in [-0.2, 0) is 37.0 Å². The van der Waals surface area contributed by atoms with E-state index in [0.717, 1.165) is 23.3 Å². The molecule has 0 N–H and O–H groups in total. The van der Waals surface area contributed by atoms with Crippen LogP contribution < -0.4 is 0 Å². The molecule has 1 nitrogen and oxygen atoms in total. The van der Waals surface area contributed by atoms with E-state index in [-0.39, 0.29) is 24.2 Å². The van der Waals surface area contributed by atoms with Crippen molar-refractivity contribution in [3.8, 4) is 0 Å². The second-order valence-corrected chi connectivity index (χ2v) is 8.33. The summed E-state index contributed by atoms with van der Waals surface area (Å²) in [7, 11) is 1.56. The highest BCUT2D eigenvalue weighted by atomic mass is 19.2. The summed E-state index contributed by atoms with van der Waals surface area (Å²) < 4.78 is 74.4. The predicted molar refractivity (Wildman–Crippen MR) is 122 cm³/mol. The molecule has 0 heterocycles. The Morgan fingerprint density at radius 2 is 1.18 bits per heavy atom. The third-order valence-corrected chi connectivity index (χ3v) is 5.94. The van der Waals surface area contributed by atoms with Crippen molar-refractivity contribution in [1.29, 1.82) is 0 Å². The van der Waals surface area contributed by atoms with Gasteiger partial charge < -0.3 is 4.74 Å². The number of ether oxygens (including phenoxy) is 1. The summed E-state index contributed by atoms with van der Waals surface area (Å²) in [5.41, 5.74) is 3.00. The SMILES string of the molecule is COCc1ccc(CCc2ccc3c(F)c(CCc4cc(F)c(F)c(F)c4)ccc3c2)c(F)c1. The molecule has 0 saturated carbocycles. The van der Waals surface area contributed by atoms with Gasteiger partial charge in [0.05, 0.1) is 6.61 Å². The molecule has 0 aromatic heterocycles. The maximum atomic E-state index is 15.1. The van der Waals surface area contributed by atoms with Crippen molar-refractivity contribution in [2.75, 3.05) is 7.11 Å². The van der Waals surface area contributed by atoms with Gasteiger partial charge in [-0.3, -0.25) is 0 Å². The number of hydrogen-bond acceptors (Lipinski definition) is 1. The molecule has 0 aliphatic heterocycles. The van der Waals surface area contributed by atoms with Gasteiger partial charge >= 0.3 is 0 Å². The molecule has 0 amide bonds. The van der Waals surface area contributed by atoms with E-state index in [2.05, 4.69) is 0 Å². The van der Waals surface area contributed by atoms with Crippen LogP contribution in [0.3, 0.4) is 0 Å². The van der Waals surface area contributed by atoms with Crippen LogP contribution in [0.15, 0.2) is 60.7 Å². The average Bonchev–Trinajstić information content (AvgIpc) is 2.81. The van der Waals surface area contributed by atoms with Gasteiger partial charge in [0.2, 0.25) is 0 Å². The van der Waals surface area contributed by atoms with Crippen LogP contribution in [-0.4, -0.2) is 7.11 Å². The minimum Gasteiger partial charge on any atom is -0.380 e. The van der Waals surface area contributed by atoms with Crippen LogP contribution in [0, 0.1) is 29.1 Å². The van der Waals surface area contributed by atoms with Gasteiger partial charge in [-0.1, -0.05) is 42.5 Å². The molecule has 4 aromatic carbocycles. The summed E-state index contributed by atoms with van der Waals surface area (Å²) in [4.78, 5) is 0. The van der Waals surface area contributed by atoms with E-state index in [1.54, 1.807) is 31.4 Å². The van der Waals surface area contributed by atoms with E-state index < -0.39 is 23.3 Å². The van der Waals surface area contributed by atoms with Crippen molar-refractivity contribution in [3.63, 3.8) is 0 Å². The van der Waals surface area contributed by atoms with Gasteiger partial charge in [-0.2, -0.15) is 0 Å². The highest BCUT2D eigenvalue weighted by Gasteiger charge is 2.13. The topological polar surface area (TPSA) is 9.23 Å². The third-order valence-electron chi connectivity index (χ3n) is 5.94. The van der Waals surface area contributed by atoms with Crippen molar-refractivity contribution in [1.82, 2.24) is 0 Å². The quantitative estimate of drug-likeness (QED) is 0.195. The summed E-state index contributed by atoms with van der Waals surface area (Å²) in [5.74, 6) is -4.69. The van der Waals surface area contributed by atoms with E-state index >= 15 is 4.39 Å². The van der Waals surface area contributed by atoms with Crippen molar-refractivity contribution in [2.45, 2.75) is 32.3 Å². The zero-order valence-corrected chi connectivity index (χ0v) is 18.6. The molecule has 0 unspecified atom stereocenters. The van der Waals surface area contributed by atoms with Gasteiger partial charge in [0.25, 0.3) is 0 Å². The summed E-state index contributed by atoms with van der Waals surface area (Å²) in [6.07, 6.45) is 1.49. The first kappa shape index (κ1) is 23.9. The minimum absolute atomic E-state index is 0.170. The van der Waals surface area contributed by atoms with Crippen molar-refractivity contribution < 1.29 is 26.7 Å². The highest BCUT2D eigenvalue weighted by molar-refractivity contribution is 5.84. The van der Waals surface area contributed by atoms with Crippen LogP contribution in [0.1, 0.15) is 27.8 Å². The Morgan fingerprint density at radius 3 is 1.88 bits per heavy atom. The molecule has 0 fully saturated rings. The van der Waals surface area contributed by atoms with Crippen LogP contribution in [0.4, 0.5) is 22.0 Å². The van der Waals surface area contributed by atoms with Gasteiger partial charge in [0.1, 0.15) is 11.6 Å². The molecule has 6 heteroatoms. The number of halogens is 5. The standard InChI is InChI=1S/C28H23F5O/c1-34-16-19-4-7-20(24(29)15-19)6-2-17-5-11-23-22(12-17)10-9-21(27(23)32)8-3-18-13-25(30)28(33)26(31)14-18/h4-5,7,9-15H,2-3,6,8,16H2,1H3. The van der Waals surface area contributed by atoms with Gasteiger partial charge in [-0.25, -0.2) is 22.0 Å². The van der Waals surface area contributed by atoms with Crippen molar-refractivity contribution >= 4 is 10.8 Å². The lowest BCUT2D eigenvalue weighted by atomic mass is 9.97. The van der Waals surface area contributed by atoms with E-state index in [1.165, 1.54) is 6.07 Å². The lowest BCUT2D eigenvalue weighted by molar-refractivity contribution is 0.184. The minimum atomic E-state index is -1.51. The van der Waals surface area contributed by atoms with Crippen LogP contribution in [0.25, 0.3) is 10.8 Å². The fourth-order valence-electron chi connectivity index (χ4n) is 4.10. The van der Waals surface area contributed by atoms with Gasteiger partial charge in [-0.05, 0) is 77.1 Å². The summed E-state index contributed by atoms with van der Waals surface area (Å²) in [6.45, 7) is 0.354. The molecule has 4 rings (SSSR count). The number of aryl methyl sites for hydroxylation is 4. The lowest BCUT2D eigenvalue weighted by Crippen LogP contribution is -2.00. The molecule has 0 aliphatic carbocycles. The van der Waals surface area contributed by atoms with Crippen molar-refractivity contribution in [2.24, 2.45) is 0 Å². The zero-order chi connectivity index (χ0) is 24.2. The largest absolute Gasteiger partial charge is 0.380 e. The van der Waals surface area contributed by atoms with Gasteiger partial charge in [0.15, 0.2) is 17.5 Å². The van der Waals surface area contributed by atoms with Crippen LogP contribution >= 0.6 is 0 Å². The Bertz CT molecular complexity index is 1310. The second-order valence-electron chi connectivity index (χ2n) is 8.33. The first-order valence-electron chi connectivity index (χ1n) is 11.0. The molecule has 0 bridgehead atoms. The monoisotopic (exact) mass is 470 g/mol. The summed E-state index contributed by atoms with van der Waals surface area (Å²) in [6, 6.07) is 15.8. The van der Waals surface area contributed by atoms with E-state index in [4.69, 9.17) is 4.74 Å². The molecule has 0 saturated heterocycles. The Morgan fingerprint density at radius 1 is 0.559 bits per heavy atom. The van der Waals surface area contributed by atoms with Crippen molar-refractivity contribution in [3.05, 3.63) is 118 Å². The molecular weight excluding hydrogens is 447 g/mol. The smallest absolute Gasteiger partial charge is 0.194 e. The Hall–Kier alpha value is -3.25. The Labute approximate surface area is 194 Å². The normalized spacial score (nSPS) is 11.4. The molecule has 0 atom stereocenters. The maximum absolute atomic E-state index is 15.1. The van der Waals surface area contributed by atoms with Gasteiger partial charge in [-0.15, -0.1) is 0 Å². The number of fused-ring (bicyclic) bond motifs is 1. The molecule has 0 aliphatic rings. The molecule has 34 heavy (non-hydrogen) atoms. The first-order chi connectivity index (χ1) is 16.4. The van der Waals surface area contributed by atoms with Crippen LogP contribution in [0.2, 0.25) is 0 Å². The van der Waals surface area contributed by atoms with E-state index in [9.17, 15) is 17.6 Å². The predicted octanol–water partition coefficient (Wildman–Crippen LogP) is 7.25. The van der Waals surface area contributed by atoms with E-state index in [0.29, 0.717) is 41.3 Å². The first-order valence-corrected chi connectivity index (χ1v) is 11.0. The zero-order valence-electron chi connectivity index (χ0n) is 18.6. The average molecular weight is 470 g/mol. The lowest BCUT2D eigenvalue weighted by Gasteiger charge is -2.10. The number of rotatable bonds is 8. The number of methoxy groups -OCH3 is 1. The molecular formula is C28H23F5O. The molecule has 0 spiro atoms. The number of hydrogen-bond donors (Lipinski definition) is 0. The molecule has 0 radical (unpaired) electrons. The second kappa shape index (κ2) is 10.3. The third kappa shape index (κ3) is 5.28. The Kier molecular flexibility index (Phi) is 7.27. The summed E-state index contributed by atoms with van der Waals surface area (Å²) >= 11 is 0. The Balaban J connectivity index is 1.46. The van der Waals surface area contributed by atoms with E-state index in [1.807, 2.05) is 18.2 Å². The summed E-state index contributed by atoms with van der Waals surface area (Å²) in [5, 5.41) is 1.15. The fourth-order valence-corrected chi connectivity index (χ4v) is 4.10. The maximum Gasteiger partial charge on any atom is 0.194 e. The highest BCUT2D eigenvalue weighted by Crippen LogP contribution is 2.25. The number of benzene rings is 4. The van der Waals surface area contributed by atoms with Crippen LogP contribution in [0.5, 0.6) is 0 Å². The fraction of sp³-hybridized carbons (Fsp3) is 0.214. The van der Waals surface area contributed by atoms with Gasteiger partial charge in [0, 0.05) is 12.5 Å².